The Morgan fingerprint density at radius 1 is 1.24 bits per heavy atom. The molecule has 1 radical (unpaired) electrons. The van der Waals surface area contributed by atoms with E-state index in [9.17, 15) is 9.90 Å². The molecule has 4 heteroatoms. The van der Waals surface area contributed by atoms with Crippen LogP contribution < -0.4 is 5.73 Å². The molecule has 0 spiro atoms. The Morgan fingerprint density at radius 3 is 2.76 bits per heavy atom. The van der Waals surface area contributed by atoms with Crippen molar-refractivity contribution < 1.29 is 9.90 Å². The van der Waals surface area contributed by atoms with Gasteiger partial charge in [-0.1, -0.05) is 25.3 Å². The minimum atomic E-state index is -0.415. The summed E-state index contributed by atoms with van der Waals surface area (Å²) in [6.45, 7) is 0.922. The van der Waals surface area contributed by atoms with Crippen LogP contribution in [-0.2, 0) is 13.2 Å². The second-order valence-electron chi connectivity index (χ2n) is 7.10. The van der Waals surface area contributed by atoms with E-state index in [2.05, 4.69) is 16.7 Å². The predicted octanol–water partition coefficient (Wildman–Crippen LogP) is 3.77. The van der Waals surface area contributed by atoms with Gasteiger partial charge in [-0.15, -0.1) is 0 Å². The first-order valence-electron chi connectivity index (χ1n) is 9.05. The van der Waals surface area contributed by atoms with Gasteiger partial charge in [0, 0.05) is 28.4 Å². The van der Waals surface area contributed by atoms with Crippen molar-refractivity contribution in [3.8, 4) is 0 Å². The van der Waals surface area contributed by atoms with Crippen LogP contribution in [0.2, 0.25) is 0 Å². The summed E-state index contributed by atoms with van der Waals surface area (Å²) >= 11 is 0. The smallest absolute Gasteiger partial charge is 0.249 e. The molecule has 25 heavy (non-hydrogen) atoms. The van der Waals surface area contributed by atoms with E-state index in [0.29, 0.717) is 11.5 Å². The number of aliphatic hydroxyl groups is 1. The molecule has 4 rings (SSSR count). The summed E-state index contributed by atoms with van der Waals surface area (Å²) < 4.78 is 2.29. The van der Waals surface area contributed by atoms with Crippen molar-refractivity contribution in [2.24, 2.45) is 11.7 Å². The highest BCUT2D eigenvalue weighted by molar-refractivity contribution is 6.17. The number of rotatable bonds is 4. The summed E-state index contributed by atoms with van der Waals surface area (Å²) in [5, 5.41) is 11.3. The summed E-state index contributed by atoms with van der Waals surface area (Å²) in [4.78, 5) is 11.9. The van der Waals surface area contributed by atoms with Gasteiger partial charge in [-0.2, -0.15) is 0 Å². The normalized spacial score (nSPS) is 15.9. The summed E-state index contributed by atoms with van der Waals surface area (Å²) in [6.07, 6.45) is 6.42. The van der Waals surface area contributed by atoms with Crippen molar-refractivity contribution in [1.29, 1.82) is 0 Å². The summed E-state index contributed by atoms with van der Waals surface area (Å²) in [6, 6.07) is 12.8. The summed E-state index contributed by atoms with van der Waals surface area (Å²) in [7, 11) is 0. The van der Waals surface area contributed by atoms with Gasteiger partial charge in [0.25, 0.3) is 0 Å². The van der Waals surface area contributed by atoms with Crippen LogP contribution in [0.3, 0.4) is 0 Å². The van der Waals surface area contributed by atoms with Crippen molar-refractivity contribution in [3.63, 3.8) is 0 Å². The average Bonchev–Trinajstić information content (AvgIpc) is 2.95. The minimum absolute atomic E-state index is 0.0138. The standard InChI is InChI=1S/C21H23N2O2/c22-21(25)17-7-4-8-18-20(17)16-10-9-15(13-24)11-19(16)23(18)12-14-5-2-1-3-6-14/h4,7-9,11,14,24H,1-3,5-6,12-13H2,(H2,22,25). The molecule has 1 aliphatic rings. The topological polar surface area (TPSA) is 68.2 Å². The number of hydrogen-bond donors (Lipinski definition) is 2. The molecule has 0 aliphatic heterocycles. The molecule has 1 aliphatic carbocycles. The molecule has 129 valence electrons. The third kappa shape index (κ3) is 2.81. The van der Waals surface area contributed by atoms with Crippen LogP contribution in [-0.4, -0.2) is 15.6 Å². The maximum absolute atomic E-state index is 11.9. The van der Waals surface area contributed by atoms with Crippen LogP contribution in [0.25, 0.3) is 21.8 Å². The number of fused-ring (bicyclic) bond motifs is 3. The van der Waals surface area contributed by atoms with E-state index in [0.717, 1.165) is 33.9 Å². The molecule has 1 amide bonds. The number of nitrogens with two attached hydrogens (primary N) is 1. The van der Waals surface area contributed by atoms with Gasteiger partial charge in [-0.3, -0.25) is 4.79 Å². The number of aliphatic hydroxyl groups excluding tert-OH is 1. The van der Waals surface area contributed by atoms with E-state index >= 15 is 0 Å². The molecule has 1 aromatic heterocycles. The van der Waals surface area contributed by atoms with Crippen molar-refractivity contribution in [3.05, 3.63) is 47.5 Å². The van der Waals surface area contributed by atoms with E-state index in [-0.39, 0.29) is 6.61 Å². The second-order valence-corrected chi connectivity index (χ2v) is 7.10. The highest BCUT2D eigenvalue weighted by Crippen LogP contribution is 2.34. The van der Waals surface area contributed by atoms with E-state index < -0.39 is 5.91 Å². The molecule has 4 nitrogen and oxygen atoms in total. The maximum Gasteiger partial charge on any atom is 0.249 e. The Hall–Kier alpha value is -2.33. The highest BCUT2D eigenvalue weighted by Gasteiger charge is 2.20. The third-order valence-corrected chi connectivity index (χ3v) is 5.47. The number of carbonyl (C=O) groups is 1. The first kappa shape index (κ1) is 16.2. The number of aromatic nitrogens is 1. The molecular weight excluding hydrogens is 312 g/mol. The van der Waals surface area contributed by atoms with E-state index in [4.69, 9.17) is 5.73 Å². The first-order chi connectivity index (χ1) is 12.2. The Balaban J connectivity index is 1.96. The Labute approximate surface area is 147 Å². The van der Waals surface area contributed by atoms with Gasteiger partial charge >= 0.3 is 0 Å². The minimum Gasteiger partial charge on any atom is -0.392 e. The zero-order valence-corrected chi connectivity index (χ0v) is 14.3. The van der Waals surface area contributed by atoms with Gasteiger partial charge in [0.15, 0.2) is 0 Å². The van der Waals surface area contributed by atoms with Crippen LogP contribution in [0.5, 0.6) is 0 Å². The maximum atomic E-state index is 11.9. The molecular formula is C21H23N2O2. The van der Waals surface area contributed by atoms with Crippen molar-refractivity contribution in [2.75, 3.05) is 0 Å². The van der Waals surface area contributed by atoms with Crippen LogP contribution in [0.1, 0.15) is 48.0 Å². The van der Waals surface area contributed by atoms with E-state index in [1.54, 1.807) is 12.1 Å². The first-order valence-corrected chi connectivity index (χ1v) is 9.05. The monoisotopic (exact) mass is 335 g/mol. The fraction of sp³-hybridized carbons (Fsp3) is 0.381. The molecule has 0 bridgehead atoms. The van der Waals surface area contributed by atoms with Crippen molar-refractivity contribution in [2.45, 2.75) is 45.3 Å². The lowest BCUT2D eigenvalue weighted by Crippen LogP contribution is -2.14. The number of amides is 1. The number of hydrogen-bond acceptors (Lipinski definition) is 2. The second kappa shape index (κ2) is 6.52. The predicted molar refractivity (Wildman–Crippen MR) is 99.3 cm³/mol. The van der Waals surface area contributed by atoms with E-state index in [1.807, 2.05) is 12.1 Å². The van der Waals surface area contributed by atoms with Crippen LogP contribution >= 0.6 is 0 Å². The lowest BCUT2D eigenvalue weighted by Gasteiger charge is -2.23. The fourth-order valence-electron chi connectivity index (χ4n) is 4.22. The molecule has 1 heterocycles. The fourth-order valence-corrected chi connectivity index (χ4v) is 4.22. The summed E-state index contributed by atoms with van der Waals surface area (Å²) in [5.74, 6) is 0.240. The van der Waals surface area contributed by atoms with Gasteiger partial charge in [-0.05, 0) is 54.7 Å². The van der Waals surface area contributed by atoms with Crippen LogP contribution in [0, 0.1) is 12.0 Å². The molecule has 1 saturated carbocycles. The van der Waals surface area contributed by atoms with Gasteiger partial charge in [0.2, 0.25) is 5.91 Å². The zero-order valence-electron chi connectivity index (χ0n) is 14.3. The highest BCUT2D eigenvalue weighted by atomic mass is 16.3. The van der Waals surface area contributed by atoms with Crippen LogP contribution in [0.15, 0.2) is 30.3 Å². The Morgan fingerprint density at radius 2 is 2.04 bits per heavy atom. The quantitative estimate of drug-likeness (QED) is 0.762. The van der Waals surface area contributed by atoms with Gasteiger partial charge in [-0.25, -0.2) is 0 Å². The number of carbonyl (C=O) groups excluding carboxylic acids is 1. The molecule has 1 fully saturated rings. The van der Waals surface area contributed by atoms with Gasteiger partial charge < -0.3 is 15.4 Å². The average molecular weight is 335 g/mol. The van der Waals surface area contributed by atoms with Gasteiger partial charge in [0.1, 0.15) is 0 Å². The summed E-state index contributed by atoms with van der Waals surface area (Å²) in [5.41, 5.74) is 9.05. The number of nitrogens with zero attached hydrogens (tertiary/aromatic N) is 1. The molecule has 3 N–H and O–H groups in total. The van der Waals surface area contributed by atoms with E-state index in [1.165, 1.54) is 32.1 Å². The van der Waals surface area contributed by atoms with Gasteiger partial charge in [0.05, 0.1) is 12.1 Å². The molecule has 0 saturated heterocycles. The molecule has 3 aromatic rings. The lowest BCUT2D eigenvalue weighted by molar-refractivity contribution is 0.100. The van der Waals surface area contributed by atoms with Crippen molar-refractivity contribution in [1.82, 2.24) is 4.57 Å². The largest absolute Gasteiger partial charge is 0.392 e. The van der Waals surface area contributed by atoms with Crippen LogP contribution in [0.4, 0.5) is 0 Å². The lowest BCUT2D eigenvalue weighted by atomic mass is 9.89. The number of benzene rings is 2. The molecule has 0 unspecified atom stereocenters. The third-order valence-electron chi connectivity index (χ3n) is 5.47. The molecule has 0 atom stereocenters. The SMILES string of the molecule is NC(=O)c1cccc2c1c1[c]cc(CO)cc1n2CC1CCCCC1. The molecule has 2 aromatic carbocycles. The Bertz CT molecular complexity index is 936. The zero-order chi connectivity index (χ0) is 17.4. The van der Waals surface area contributed by atoms with Crippen molar-refractivity contribution >= 4 is 27.7 Å². The Kier molecular flexibility index (Phi) is 4.22. The number of primary amides is 1.